The molecular formula is C20H35IN4O4. The van der Waals surface area contributed by atoms with Crippen molar-refractivity contribution in [2.45, 2.75) is 64.7 Å². The van der Waals surface area contributed by atoms with E-state index in [4.69, 9.17) is 9.15 Å². The average Bonchev–Trinajstić information content (AvgIpc) is 3.25. The van der Waals surface area contributed by atoms with E-state index in [9.17, 15) is 9.90 Å². The summed E-state index contributed by atoms with van der Waals surface area (Å²) < 4.78 is 10.8. The van der Waals surface area contributed by atoms with E-state index in [1.165, 1.54) is 6.26 Å². The van der Waals surface area contributed by atoms with Crippen molar-refractivity contribution >= 4 is 36.0 Å². The highest BCUT2D eigenvalue weighted by atomic mass is 127. The quantitative estimate of drug-likeness (QED) is 0.276. The first-order valence-electron chi connectivity index (χ1n) is 9.90. The van der Waals surface area contributed by atoms with Crippen LogP contribution in [0.15, 0.2) is 27.8 Å². The molecule has 0 aromatic carbocycles. The van der Waals surface area contributed by atoms with Crippen LogP contribution in [0.1, 0.15) is 53.2 Å². The monoisotopic (exact) mass is 522 g/mol. The molecule has 0 saturated heterocycles. The Morgan fingerprint density at radius 3 is 2.55 bits per heavy atom. The van der Waals surface area contributed by atoms with Gasteiger partial charge in [0.2, 0.25) is 0 Å². The Morgan fingerprint density at radius 1 is 1.34 bits per heavy atom. The number of nitrogens with zero attached hydrogens (tertiary/aromatic N) is 2. The van der Waals surface area contributed by atoms with E-state index in [0.717, 1.165) is 12.8 Å². The number of amides is 1. The maximum Gasteiger partial charge on any atom is 0.410 e. The number of halogens is 1. The summed E-state index contributed by atoms with van der Waals surface area (Å²) >= 11 is 0. The zero-order valence-corrected chi connectivity index (χ0v) is 20.4. The highest BCUT2D eigenvalue weighted by Crippen LogP contribution is 2.28. The largest absolute Gasteiger partial charge is 0.466 e. The summed E-state index contributed by atoms with van der Waals surface area (Å²) in [6.45, 7) is 11.1. The maximum absolute atomic E-state index is 12.4. The molecule has 1 saturated carbocycles. The Labute approximate surface area is 190 Å². The van der Waals surface area contributed by atoms with Gasteiger partial charge in [-0.05, 0) is 59.6 Å². The summed E-state index contributed by atoms with van der Waals surface area (Å²) in [4.78, 5) is 18.6. The van der Waals surface area contributed by atoms with Crippen molar-refractivity contribution in [1.82, 2.24) is 15.5 Å². The normalized spacial score (nSPS) is 16.4. The average molecular weight is 522 g/mol. The van der Waals surface area contributed by atoms with E-state index in [1.54, 1.807) is 24.0 Å². The van der Waals surface area contributed by atoms with Gasteiger partial charge in [0.25, 0.3) is 0 Å². The lowest BCUT2D eigenvalue weighted by atomic mass is 10.0. The molecule has 166 valence electrons. The molecule has 1 aliphatic rings. The Morgan fingerprint density at radius 2 is 2.03 bits per heavy atom. The van der Waals surface area contributed by atoms with Gasteiger partial charge in [0, 0.05) is 25.7 Å². The third-order valence-corrected chi connectivity index (χ3v) is 4.20. The number of aliphatic hydroxyl groups is 1. The summed E-state index contributed by atoms with van der Waals surface area (Å²) in [6, 6.07) is 3.72. The van der Waals surface area contributed by atoms with Crippen molar-refractivity contribution in [1.29, 1.82) is 0 Å². The second-order valence-corrected chi connectivity index (χ2v) is 8.28. The van der Waals surface area contributed by atoms with Gasteiger partial charge in [-0.15, -0.1) is 24.0 Å². The molecule has 1 aromatic rings. The molecule has 3 N–H and O–H groups in total. The standard InChI is InChI=1S/C20H34N4O4.HI/c1-6-21-17(23-14-20(5,26)16-8-7-13-27-16)22-11-12-24(15-9-10-15)18(25)28-19(2,3)4;/h7-8,13,15,26H,6,9-12,14H2,1-5H3,(H2,21,22,23);1H. The van der Waals surface area contributed by atoms with Crippen molar-refractivity contribution in [3.05, 3.63) is 24.2 Å². The number of guanidine groups is 1. The molecule has 1 amide bonds. The van der Waals surface area contributed by atoms with Gasteiger partial charge < -0.3 is 29.8 Å². The summed E-state index contributed by atoms with van der Waals surface area (Å²) in [5.41, 5.74) is -1.70. The van der Waals surface area contributed by atoms with E-state index >= 15 is 0 Å². The molecule has 0 radical (unpaired) electrons. The van der Waals surface area contributed by atoms with Crippen LogP contribution in [0.25, 0.3) is 0 Å². The fourth-order valence-corrected chi connectivity index (χ4v) is 2.66. The Balaban J connectivity index is 0.00000420. The lowest BCUT2D eigenvalue weighted by Crippen LogP contribution is -2.45. The first-order valence-corrected chi connectivity index (χ1v) is 9.90. The van der Waals surface area contributed by atoms with E-state index < -0.39 is 11.2 Å². The molecule has 8 nitrogen and oxygen atoms in total. The van der Waals surface area contributed by atoms with Crippen molar-refractivity contribution in [2.24, 2.45) is 4.99 Å². The number of ether oxygens (including phenoxy) is 1. The number of hydrogen-bond acceptors (Lipinski definition) is 5. The second kappa shape index (κ2) is 11.1. The van der Waals surface area contributed by atoms with Crippen molar-refractivity contribution in [3.63, 3.8) is 0 Å². The molecule has 1 aromatic heterocycles. The van der Waals surface area contributed by atoms with E-state index in [1.807, 2.05) is 27.7 Å². The van der Waals surface area contributed by atoms with Crippen LogP contribution >= 0.6 is 24.0 Å². The van der Waals surface area contributed by atoms with Crippen LogP contribution in [0.5, 0.6) is 0 Å². The smallest absolute Gasteiger partial charge is 0.410 e. The number of rotatable bonds is 8. The van der Waals surface area contributed by atoms with Crippen LogP contribution in [-0.2, 0) is 10.3 Å². The SMILES string of the molecule is CCNC(=NCC(C)(O)c1ccco1)NCCN(C(=O)OC(C)(C)C)C1CC1.I. The molecule has 0 aliphatic heterocycles. The number of aliphatic imine (C=N–C) groups is 1. The molecule has 29 heavy (non-hydrogen) atoms. The van der Waals surface area contributed by atoms with Crippen LogP contribution in [0.2, 0.25) is 0 Å². The number of carbonyl (C=O) groups excluding carboxylic acids is 1. The Bertz CT molecular complexity index is 652. The summed E-state index contributed by atoms with van der Waals surface area (Å²) in [7, 11) is 0. The lowest BCUT2D eigenvalue weighted by Gasteiger charge is -2.27. The number of carbonyl (C=O) groups is 1. The fraction of sp³-hybridized carbons (Fsp3) is 0.700. The summed E-state index contributed by atoms with van der Waals surface area (Å²) in [5.74, 6) is 1.05. The maximum atomic E-state index is 12.4. The molecule has 1 heterocycles. The van der Waals surface area contributed by atoms with Gasteiger partial charge in [-0.3, -0.25) is 0 Å². The number of hydrogen-bond donors (Lipinski definition) is 3. The molecule has 1 fully saturated rings. The summed E-state index contributed by atoms with van der Waals surface area (Å²) in [5, 5.41) is 16.9. The van der Waals surface area contributed by atoms with E-state index in [0.29, 0.717) is 31.4 Å². The first-order chi connectivity index (χ1) is 13.1. The van der Waals surface area contributed by atoms with Crippen LogP contribution in [0, 0.1) is 0 Å². The highest BCUT2D eigenvalue weighted by molar-refractivity contribution is 14.0. The van der Waals surface area contributed by atoms with Gasteiger partial charge >= 0.3 is 6.09 Å². The van der Waals surface area contributed by atoms with Gasteiger partial charge in [0.1, 0.15) is 17.0 Å². The van der Waals surface area contributed by atoms with Gasteiger partial charge in [-0.1, -0.05) is 0 Å². The van der Waals surface area contributed by atoms with Crippen LogP contribution in [-0.4, -0.2) is 59.9 Å². The van der Waals surface area contributed by atoms with Gasteiger partial charge in [0.15, 0.2) is 5.96 Å². The van der Waals surface area contributed by atoms with E-state index in [-0.39, 0.29) is 42.7 Å². The Hall–Kier alpha value is -1.49. The first kappa shape index (κ1) is 25.5. The minimum absolute atomic E-state index is 0. The van der Waals surface area contributed by atoms with Gasteiger partial charge in [0.05, 0.1) is 12.8 Å². The van der Waals surface area contributed by atoms with Crippen molar-refractivity contribution in [2.75, 3.05) is 26.2 Å². The second-order valence-electron chi connectivity index (χ2n) is 8.28. The molecule has 0 bridgehead atoms. The number of furan rings is 1. The third-order valence-electron chi connectivity index (χ3n) is 4.20. The zero-order valence-electron chi connectivity index (χ0n) is 18.0. The zero-order chi connectivity index (χ0) is 20.8. The molecule has 0 spiro atoms. The van der Waals surface area contributed by atoms with Crippen LogP contribution in [0.4, 0.5) is 4.79 Å². The molecule has 1 unspecified atom stereocenters. The Kier molecular flexibility index (Phi) is 9.74. The van der Waals surface area contributed by atoms with Gasteiger partial charge in [-0.25, -0.2) is 9.79 Å². The van der Waals surface area contributed by atoms with Crippen molar-refractivity contribution < 1.29 is 19.1 Å². The minimum Gasteiger partial charge on any atom is -0.466 e. The summed E-state index contributed by atoms with van der Waals surface area (Å²) in [6.07, 6.45) is 3.28. The molecule has 9 heteroatoms. The van der Waals surface area contributed by atoms with Gasteiger partial charge in [-0.2, -0.15) is 0 Å². The predicted octanol–water partition coefficient (Wildman–Crippen LogP) is 3.06. The predicted molar refractivity (Wildman–Crippen MR) is 124 cm³/mol. The minimum atomic E-state index is -1.19. The fourth-order valence-electron chi connectivity index (χ4n) is 2.66. The number of nitrogens with one attached hydrogen (secondary N) is 2. The lowest BCUT2D eigenvalue weighted by molar-refractivity contribution is 0.0238. The van der Waals surface area contributed by atoms with E-state index in [2.05, 4.69) is 15.6 Å². The highest BCUT2D eigenvalue weighted by Gasteiger charge is 2.35. The molecule has 2 rings (SSSR count). The molecule has 1 atom stereocenters. The van der Waals surface area contributed by atoms with Crippen molar-refractivity contribution in [3.8, 4) is 0 Å². The molecular weight excluding hydrogens is 487 g/mol. The third kappa shape index (κ3) is 8.81. The van der Waals surface area contributed by atoms with Crippen LogP contribution in [0.3, 0.4) is 0 Å². The van der Waals surface area contributed by atoms with Crippen LogP contribution < -0.4 is 10.6 Å². The topological polar surface area (TPSA) is 99.3 Å². The molecule has 1 aliphatic carbocycles.